The largest absolute Gasteiger partial charge is 0.478 e. The van der Waals surface area contributed by atoms with Crippen molar-refractivity contribution in [3.63, 3.8) is 0 Å². The molecule has 0 spiro atoms. The van der Waals surface area contributed by atoms with Crippen LogP contribution in [0.5, 0.6) is 0 Å². The van der Waals surface area contributed by atoms with E-state index in [1.165, 1.54) is 43.6 Å². The van der Waals surface area contributed by atoms with E-state index in [9.17, 15) is 14.4 Å². The third-order valence-electron chi connectivity index (χ3n) is 2.93. The number of nitrogens with one attached hydrogen (secondary N) is 1. The van der Waals surface area contributed by atoms with E-state index in [0.29, 0.717) is 5.69 Å². The van der Waals surface area contributed by atoms with Crippen LogP contribution >= 0.6 is 0 Å². The van der Waals surface area contributed by atoms with Crippen LogP contribution in [0.3, 0.4) is 0 Å². The third kappa shape index (κ3) is 4.37. The van der Waals surface area contributed by atoms with Gasteiger partial charge >= 0.3 is 11.9 Å². The highest BCUT2D eigenvalue weighted by Gasteiger charge is 2.19. The molecular weight excluding hydrogens is 300 g/mol. The molecule has 23 heavy (non-hydrogen) atoms. The summed E-state index contributed by atoms with van der Waals surface area (Å²) < 4.78 is 5.04. The van der Waals surface area contributed by atoms with Crippen molar-refractivity contribution in [2.75, 3.05) is 5.32 Å². The van der Waals surface area contributed by atoms with E-state index in [-0.39, 0.29) is 11.1 Å². The molecule has 118 valence electrons. The summed E-state index contributed by atoms with van der Waals surface area (Å²) in [5.74, 6) is -2.33. The number of ether oxygens (including phenoxy) is 1. The molecule has 1 aromatic carbocycles. The number of carbonyl (C=O) groups excluding carboxylic acids is 2. The third-order valence-corrected chi connectivity index (χ3v) is 2.93. The molecule has 0 aliphatic heterocycles. The van der Waals surface area contributed by atoms with Crippen LogP contribution < -0.4 is 5.32 Å². The number of hydrogen-bond donors (Lipinski definition) is 2. The van der Waals surface area contributed by atoms with Crippen LogP contribution in [0.4, 0.5) is 5.69 Å². The standard InChI is InChI=1S/C16H14N2O5/c1-10(23-16(22)12-5-3-7-17-9-12)14(19)18-13-6-2-4-11(8-13)15(20)21/h2-10H,1H3,(H,18,19)(H,20,21). The minimum Gasteiger partial charge on any atom is -0.478 e. The summed E-state index contributed by atoms with van der Waals surface area (Å²) in [6.45, 7) is 1.42. The number of aromatic nitrogens is 1. The number of anilines is 1. The van der Waals surface area contributed by atoms with Crippen molar-refractivity contribution in [2.45, 2.75) is 13.0 Å². The van der Waals surface area contributed by atoms with Crippen LogP contribution in [-0.2, 0) is 9.53 Å². The lowest BCUT2D eigenvalue weighted by Crippen LogP contribution is -2.30. The van der Waals surface area contributed by atoms with Crippen LogP contribution in [0.15, 0.2) is 48.8 Å². The van der Waals surface area contributed by atoms with E-state index in [1.807, 2.05) is 0 Å². The molecule has 7 nitrogen and oxygen atoms in total. The van der Waals surface area contributed by atoms with Crippen LogP contribution in [0, 0.1) is 0 Å². The molecule has 0 radical (unpaired) electrons. The van der Waals surface area contributed by atoms with Crippen molar-refractivity contribution in [2.24, 2.45) is 0 Å². The molecule has 0 aliphatic rings. The first-order chi connectivity index (χ1) is 11.0. The van der Waals surface area contributed by atoms with Crippen molar-refractivity contribution in [1.82, 2.24) is 4.98 Å². The number of aromatic carboxylic acids is 1. The first-order valence-electron chi connectivity index (χ1n) is 6.72. The van der Waals surface area contributed by atoms with Crippen molar-refractivity contribution in [3.05, 3.63) is 59.9 Å². The number of hydrogen-bond acceptors (Lipinski definition) is 5. The van der Waals surface area contributed by atoms with Crippen molar-refractivity contribution >= 4 is 23.5 Å². The van der Waals surface area contributed by atoms with Gasteiger partial charge in [0, 0.05) is 18.1 Å². The second-order valence-corrected chi connectivity index (χ2v) is 4.66. The van der Waals surface area contributed by atoms with Gasteiger partial charge in [-0.3, -0.25) is 9.78 Å². The van der Waals surface area contributed by atoms with Crippen molar-refractivity contribution in [1.29, 1.82) is 0 Å². The molecule has 0 fully saturated rings. The second-order valence-electron chi connectivity index (χ2n) is 4.66. The summed E-state index contributed by atoms with van der Waals surface area (Å²) in [6, 6.07) is 8.88. The highest BCUT2D eigenvalue weighted by molar-refractivity contribution is 5.98. The first kappa shape index (κ1) is 16.2. The van der Waals surface area contributed by atoms with E-state index in [0.717, 1.165) is 0 Å². The lowest BCUT2D eigenvalue weighted by Gasteiger charge is -2.13. The van der Waals surface area contributed by atoms with Crippen LogP contribution in [-0.4, -0.2) is 34.0 Å². The van der Waals surface area contributed by atoms with Crippen molar-refractivity contribution in [3.8, 4) is 0 Å². The number of amides is 1. The number of carbonyl (C=O) groups is 3. The van der Waals surface area contributed by atoms with Gasteiger partial charge in [-0.15, -0.1) is 0 Å². The van der Waals surface area contributed by atoms with Gasteiger partial charge in [0.25, 0.3) is 5.91 Å². The normalized spacial score (nSPS) is 11.3. The zero-order valence-corrected chi connectivity index (χ0v) is 12.2. The Morgan fingerprint density at radius 1 is 1.17 bits per heavy atom. The predicted molar refractivity (Wildman–Crippen MR) is 81.1 cm³/mol. The average Bonchev–Trinajstić information content (AvgIpc) is 2.55. The summed E-state index contributed by atoms with van der Waals surface area (Å²) in [5, 5.41) is 11.4. The predicted octanol–water partition coefficient (Wildman–Crippen LogP) is 1.96. The summed E-state index contributed by atoms with van der Waals surface area (Å²) in [6.07, 6.45) is 1.81. The molecule has 1 unspecified atom stereocenters. The SMILES string of the molecule is CC(OC(=O)c1cccnc1)C(=O)Nc1cccc(C(=O)O)c1. The van der Waals surface area contributed by atoms with Crippen LogP contribution in [0.25, 0.3) is 0 Å². The topological polar surface area (TPSA) is 106 Å². The zero-order valence-electron chi connectivity index (χ0n) is 12.2. The fourth-order valence-electron chi connectivity index (χ4n) is 1.74. The smallest absolute Gasteiger partial charge is 0.340 e. The Morgan fingerprint density at radius 3 is 2.57 bits per heavy atom. The molecule has 0 saturated heterocycles. The van der Waals surface area contributed by atoms with Gasteiger partial charge in [-0.2, -0.15) is 0 Å². The lowest BCUT2D eigenvalue weighted by molar-refractivity contribution is -0.123. The summed E-state index contributed by atoms with van der Waals surface area (Å²) in [4.78, 5) is 38.5. The molecule has 0 saturated carbocycles. The van der Waals surface area contributed by atoms with Crippen LogP contribution in [0.2, 0.25) is 0 Å². The fourth-order valence-corrected chi connectivity index (χ4v) is 1.74. The Kier molecular flexibility index (Phi) is 5.03. The molecule has 1 aromatic heterocycles. The maximum Gasteiger partial charge on any atom is 0.340 e. The quantitative estimate of drug-likeness (QED) is 0.817. The van der Waals surface area contributed by atoms with Crippen LogP contribution in [0.1, 0.15) is 27.6 Å². The molecule has 1 atom stereocenters. The number of pyridine rings is 1. The summed E-state index contributed by atoms with van der Waals surface area (Å²) in [5.41, 5.74) is 0.585. The molecule has 2 N–H and O–H groups in total. The Hall–Kier alpha value is -3.22. The van der Waals surface area contributed by atoms with Gasteiger partial charge in [-0.25, -0.2) is 9.59 Å². The number of esters is 1. The molecule has 2 rings (SSSR count). The van der Waals surface area contributed by atoms with Gasteiger partial charge in [0.15, 0.2) is 6.10 Å². The highest BCUT2D eigenvalue weighted by Crippen LogP contribution is 2.12. The molecular formula is C16H14N2O5. The maximum absolute atomic E-state index is 12.0. The first-order valence-corrected chi connectivity index (χ1v) is 6.72. The summed E-state index contributed by atoms with van der Waals surface area (Å²) in [7, 11) is 0. The van der Waals surface area contributed by atoms with Gasteiger partial charge < -0.3 is 15.2 Å². The average molecular weight is 314 g/mol. The molecule has 0 aliphatic carbocycles. The van der Waals surface area contributed by atoms with Gasteiger partial charge in [0.1, 0.15) is 0 Å². The zero-order chi connectivity index (χ0) is 16.8. The van der Waals surface area contributed by atoms with E-state index in [4.69, 9.17) is 9.84 Å². The molecule has 7 heteroatoms. The van der Waals surface area contributed by atoms with E-state index >= 15 is 0 Å². The van der Waals surface area contributed by atoms with Gasteiger partial charge in [-0.05, 0) is 37.3 Å². The van der Waals surface area contributed by atoms with Gasteiger partial charge in [-0.1, -0.05) is 6.07 Å². The Morgan fingerprint density at radius 2 is 1.91 bits per heavy atom. The Balaban J connectivity index is 1.99. The maximum atomic E-state index is 12.0. The lowest BCUT2D eigenvalue weighted by atomic mass is 10.2. The number of carboxylic acids is 1. The monoisotopic (exact) mass is 314 g/mol. The molecule has 0 bridgehead atoms. The number of benzene rings is 1. The van der Waals surface area contributed by atoms with Crippen molar-refractivity contribution < 1.29 is 24.2 Å². The minimum atomic E-state index is -1.10. The highest BCUT2D eigenvalue weighted by atomic mass is 16.5. The Labute approximate surface area is 131 Å². The van der Waals surface area contributed by atoms with E-state index in [2.05, 4.69) is 10.3 Å². The van der Waals surface area contributed by atoms with E-state index in [1.54, 1.807) is 12.1 Å². The fraction of sp³-hybridized carbons (Fsp3) is 0.125. The van der Waals surface area contributed by atoms with E-state index < -0.39 is 23.9 Å². The number of carboxylic acid groups (broad SMARTS) is 1. The molecule has 1 heterocycles. The molecule has 2 aromatic rings. The Bertz CT molecular complexity index is 730. The number of nitrogens with zero attached hydrogens (tertiary/aromatic N) is 1. The minimum absolute atomic E-state index is 0.0443. The second kappa shape index (κ2) is 7.17. The van der Waals surface area contributed by atoms with Gasteiger partial charge in [0.05, 0.1) is 11.1 Å². The van der Waals surface area contributed by atoms with Gasteiger partial charge in [0.2, 0.25) is 0 Å². The molecule has 1 amide bonds. The summed E-state index contributed by atoms with van der Waals surface area (Å²) >= 11 is 0. The number of rotatable bonds is 5.